The zero-order valence-corrected chi connectivity index (χ0v) is 12.1. The van der Waals surface area contributed by atoms with Crippen molar-refractivity contribution in [2.75, 3.05) is 6.54 Å². The van der Waals surface area contributed by atoms with Crippen LogP contribution in [-0.2, 0) is 0 Å². The minimum absolute atomic E-state index is 0.151. The Hall–Kier alpha value is -0.740. The maximum Gasteiger partial charge on any atom is 0.145 e. The summed E-state index contributed by atoms with van der Waals surface area (Å²) in [5.74, 6) is 0.674. The van der Waals surface area contributed by atoms with Gasteiger partial charge in [-0.2, -0.15) is 0 Å². The number of thiophene rings is 1. The average molecular weight is 302 g/mol. The molecule has 5 heteroatoms. The number of benzene rings is 1. The van der Waals surface area contributed by atoms with Gasteiger partial charge in [-0.1, -0.05) is 23.2 Å². The molecule has 0 aliphatic carbocycles. The first kappa shape index (κ1) is 13.7. The first-order valence-corrected chi connectivity index (χ1v) is 7.11. The van der Waals surface area contributed by atoms with Crippen molar-refractivity contribution >= 4 is 34.5 Å². The summed E-state index contributed by atoms with van der Waals surface area (Å²) in [6.45, 7) is 2.47. The molecule has 2 aromatic rings. The van der Waals surface area contributed by atoms with E-state index in [1.165, 1.54) is 5.56 Å². The Morgan fingerprint density at radius 3 is 2.61 bits per heavy atom. The molecule has 0 radical (unpaired) electrons. The van der Waals surface area contributed by atoms with Gasteiger partial charge in [-0.05, 0) is 36.1 Å². The van der Waals surface area contributed by atoms with Crippen LogP contribution >= 0.6 is 34.5 Å². The van der Waals surface area contributed by atoms with Crippen LogP contribution in [0.4, 0.5) is 0 Å². The predicted molar refractivity (Wildman–Crippen MR) is 77.9 cm³/mol. The maximum absolute atomic E-state index is 5.96. The Labute approximate surface area is 120 Å². The smallest absolute Gasteiger partial charge is 0.145 e. The lowest BCUT2D eigenvalue weighted by Crippen LogP contribution is -2.18. The van der Waals surface area contributed by atoms with E-state index in [2.05, 4.69) is 6.07 Å². The molecule has 0 bridgehead atoms. The van der Waals surface area contributed by atoms with Crippen molar-refractivity contribution in [3.8, 4) is 5.75 Å². The molecule has 0 saturated carbocycles. The van der Waals surface area contributed by atoms with Crippen LogP contribution in [0, 0.1) is 6.92 Å². The van der Waals surface area contributed by atoms with Gasteiger partial charge < -0.3 is 10.5 Å². The quantitative estimate of drug-likeness (QED) is 0.906. The molecule has 0 amide bonds. The molecule has 0 aliphatic heterocycles. The van der Waals surface area contributed by atoms with Crippen LogP contribution in [0.25, 0.3) is 0 Å². The first-order valence-electron chi connectivity index (χ1n) is 5.47. The van der Waals surface area contributed by atoms with Gasteiger partial charge in [-0.3, -0.25) is 0 Å². The lowest BCUT2D eigenvalue weighted by atomic mass is 10.2. The molecular formula is C13H13Cl2NOS. The summed E-state index contributed by atoms with van der Waals surface area (Å²) in [6.07, 6.45) is -0.151. The summed E-state index contributed by atoms with van der Waals surface area (Å²) in [4.78, 5) is 1.14. The normalized spacial score (nSPS) is 12.4. The number of halogens is 2. The second-order valence-electron chi connectivity index (χ2n) is 3.89. The number of aryl methyl sites for hydroxylation is 1. The van der Waals surface area contributed by atoms with Gasteiger partial charge >= 0.3 is 0 Å². The minimum atomic E-state index is -0.151. The fourth-order valence-electron chi connectivity index (χ4n) is 1.64. The van der Waals surface area contributed by atoms with Crippen LogP contribution in [0.5, 0.6) is 5.75 Å². The first-order chi connectivity index (χ1) is 8.61. The van der Waals surface area contributed by atoms with Crippen LogP contribution in [0.1, 0.15) is 16.5 Å². The minimum Gasteiger partial charge on any atom is -0.484 e. The van der Waals surface area contributed by atoms with Gasteiger partial charge in [0.15, 0.2) is 0 Å². The van der Waals surface area contributed by atoms with E-state index < -0.39 is 0 Å². The molecule has 1 atom stereocenters. The fourth-order valence-corrected chi connectivity index (χ4v) is 2.89. The van der Waals surface area contributed by atoms with E-state index in [-0.39, 0.29) is 6.10 Å². The van der Waals surface area contributed by atoms with Crippen LogP contribution in [-0.4, -0.2) is 6.54 Å². The summed E-state index contributed by atoms with van der Waals surface area (Å²) in [7, 11) is 0. The Morgan fingerprint density at radius 2 is 2.06 bits per heavy atom. The van der Waals surface area contributed by atoms with Gasteiger partial charge in [0.2, 0.25) is 0 Å². The molecule has 0 saturated heterocycles. The molecule has 1 aromatic carbocycles. The molecule has 1 heterocycles. The number of hydrogen-bond donors (Lipinski definition) is 1. The van der Waals surface area contributed by atoms with E-state index in [1.807, 2.05) is 12.3 Å². The summed E-state index contributed by atoms with van der Waals surface area (Å²) < 4.78 is 5.87. The van der Waals surface area contributed by atoms with Crippen LogP contribution in [0.2, 0.25) is 10.0 Å². The second kappa shape index (κ2) is 5.93. The molecule has 18 heavy (non-hydrogen) atoms. The standard InChI is InChI=1S/C13H13Cl2NOS/c1-8-4-5-18-13(8)12(7-16)17-9-2-3-10(14)11(15)6-9/h2-6,12H,7,16H2,1H3. The highest BCUT2D eigenvalue weighted by Gasteiger charge is 2.15. The zero-order chi connectivity index (χ0) is 13.1. The molecule has 0 spiro atoms. The number of rotatable bonds is 4. The predicted octanol–water partition coefficient (Wildman–Crippen LogP) is 4.44. The third-order valence-corrected chi connectivity index (χ3v) is 4.43. The highest BCUT2D eigenvalue weighted by Crippen LogP contribution is 2.31. The molecule has 96 valence electrons. The van der Waals surface area contributed by atoms with Gasteiger partial charge in [0.05, 0.1) is 10.0 Å². The third kappa shape index (κ3) is 2.98. The van der Waals surface area contributed by atoms with Crippen LogP contribution in [0.3, 0.4) is 0 Å². The monoisotopic (exact) mass is 301 g/mol. The molecule has 1 unspecified atom stereocenters. The highest BCUT2D eigenvalue weighted by molar-refractivity contribution is 7.10. The summed E-state index contributed by atoms with van der Waals surface area (Å²) in [5.41, 5.74) is 6.96. The molecule has 0 fully saturated rings. The van der Waals surface area contributed by atoms with E-state index in [1.54, 1.807) is 29.5 Å². The SMILES string of the molecule is Cc1ccsc1C(CN)Oc1ccc(Cl)c(Cl)c1. The molecule has 2 nitrogen and oxygen atoms in total. The van der Waals surface area contributed by atoms with Gasteiger partial charge in [-0.15, -0.1) is 11.3 Å². The van der Waals surface area contributed by atoms with Gasteiger partial charge in [0.1, 0.15) is 11.9 Å². The van der Waals surface area contributed by atoms with Crippen molar-refractivity contribution in [2.24, 2.45) is 5.73 Å². The van der Waals surface area contributed by atoms with Crippen LogP contribution < -0.4 is 10.5 Å². The maximum atomic E-state index is 5.96. The summed E-state index contributed by atoms with van der Waals surface area (Å²) in [6, 6.07) is 7.27. The van der Waals surface area contributed by atoms with Crippen molar-refractivity contribution in [3.63, 3.8) is 0 Å². The van der Waals surface area contributed by atoms with Gasteiger partial charge in [0, 0.05) is 17.5 Å². The van der Waals surface area contributed by atoms with Gasteiger partial charge in [-0.25, -0.2) is 0 Å². The van der Waals surface area contributed by atoms with Crippen molar-refractivity contribution in [1.82, 2.24) is 0 Å². The fraction of sp³-hybridized carbons (Fsp3) is 0.231. The Kier molecular flexibility index (Phi) is 4.51. The third-order valence-electron chi connectivity index (χ3n) is 2.58. The Morgan fingerprint density at radius 1 is 1.28 bits per heavy atom. The molecular weight excluding hydrogens is 289 g/mol. The number of hydrogen-bond acceptors (Lipinski definition) is 3. The highest BCUT2D eigenvalue weighted by atomic mass is 35.5. The number of ether oxygens (including phenoxy) is 1. The molecule has 2 N–H and O–H groups in total. The van der Waals surface area contributed by atoms with Crippen molar-refractivity contribution in [3.05, 3.63) is 50.1 Å². The van der Waals surface area contributed by atoms with Crippen molar-refractivity contribution in [1.29, 1.82) is 0 Å². The topological polar surface area (TPSA) is 35.2 Å². The lowest BCUT2D eigenvalue weighted by molar-refractivity contribution is 0.217. The largest absolute Gasteiger partial charge is 0.484 e. The second-order valence-corrected chi connectivity index (χ2v) is 5.65. The summed E-state index contributed by atoms with van der Waals surface area (Å²) in [5, 5.41) is 3.03. The summed E-state index contributed by atoms with van der Waals surface area (Å²) >= 11 is 13.5. The van der Waals surface area contributed by atoms with Crippen molar-refractivity contribution in [2.45, 2.75) is 13.0 Å². The Balaban J connectivity index is 2.20. The van der Waals surface area contributed by atoms with E-state index in [0.29, 0.717) is 22.3 Å². The van der Waals surface area contributed by atoms with E-state index in [0.717, 1.165) is 4.88 Å². The lowest BCUT2D eigenvalue weighted by Gasteiger charge is -2.17. The van der Waals surface area contributed by atoms with E-state index in [9.17, 15) is 0 Å². The molecule has 2 rings (SSSR count). The number of nitrogens with two attached hydrogens (primary N) is 1. The van der Waals surface area contributed by atoms with E-state index in [4.69, 9.17) is 33.7 Å². The Bertz CT molecular complexity index is 542. The van der Waals surface area contributed by atoms with Crippen molar-refractivity contribution < 1.29 is 4.74 Å². The zero-order valence-electron chi connectivity index (χ0n) is 9.82. The van der Waals surface area contributed by atoms with Gasteiger partial charge in [0.25, 0.3) is 0 Å². The van der Waals surface area contributed by atoms with Crippen LogP contribution in [0.15, 0.2) is 29.6 Å². The van der Waals surface area contributed by atoms with E-state index >= 15 is 0 Å². The average Bonchev–Trinajstić information content (AvgIpc) is 2.77. The molecule has 1 aromatic heterocycles. The molecule has 0 aliphatic rings.